The Bertz CT molecular complexity index is 881. The van der Waals surface area contributed by atoms with Crippen LogP contribution in [0, 0.1) is 18.8 Å². The molecule has 1 saturated carbocycles. The molecule has 0 amide bonds. The van der Waals surface area contributed by atoms with Crippen molar-refractivity contribution in [3.63, 3.8) is 0 Å². The number of hydrogen-bond acceptors (Lipinski definition) is 2. The molecule has 0 spiro atoms. The van der Waals surface area contributed by atoms with Gasteiger partial charge in [-0.1, -0.05) is 48.0 Å². The van der Waals surface area contributed by atoms with E-state index >= 15 is 0 Å². The van der Waals surface area contributed by atoms with Gasteiger partial charge >= 0.3 is 0 Å². The largest absolute Gasteiger partial charge is 0.299 e. The summed E-state index contributed by atoms with van der Waals surface area (Å²) in [5, 5.41) is 0. The molecule has 2 nitrogen and oxygen atoms in total. The van der Waals surface area contributed by atoms with Crippen LogP contribution in [-0.2, 0) is 21.0 Å². The standard InChI is InChI=1S/C22H22O2S/c1-15-7-11-19(12-8-15)25(24)21-6-4-3-5-20(21)22(16(2)23)14-17-9-10-18(22)13-17/h3-12,17-18H,13-14H2,1-2H3/t17-,18+,22-,25?/m0/s1. The molecule has 2 aliphatic carbocycles. The Balaban J connectivity index is 1.84. The van der Waals surface area contributed by atoms with Crippen molar-refractivity contribution >= 4 is 16.6 Å². The Hall–Kier alpha value is -2.00. The fraction of sp³-hybridized carbons (Fsp3) is 0.318. The molecule has 2 aromatic rings. The fourth-order valence-corrected chi connectivity index (χ4v) is 5.84. The Morgan fingerprint density at radius 2 is 1.80 bits per heavy atom. The zero-order chi connectivity index (χ0) is 17.6. The minimum Gasteiger partial charge on any atom is -0.299 e. The molecule has 128 valence electrons. The monoisotopic (exact) mass is 350 g/mol. The first-order chi connectivity index (χ1) is 12.0. The lowest BCUT2D eigenvalue weighted by Gasteiger charge is -2.35. The van der Waals surface area contributed by atoms with Crippen LogP contribution in [0.1, 0.15) is 30.9 Å². The number of carbonyl (C=O) groups excluding carboxylic acids is 1. The van der Waals surface area contributed by atoms with E-state index in [9.17, 15) is 9.00 Å². The zero-order valence-electron chi connectivity index (χ0n) is 14.6. The van der Waals surface area contributed by atoms with Gasteiger partial charge in [0.25, 0.3) is 0 Å². The normalized spacial score (nSPS) is 28.2. The van der Waals surface area contributed by atoms with Gasteiger partial charge in [-0.15, -0.1) is 0 Å². The molecule has 25 heavy (non-hydrogen) atoms. The Kier molecular flexibility index (Phi) is 3.99. The molecular formula is C22H22O2S. The van der Waals surface area contributed by atoms with Crippen molar-refractivity contribution in [2.24, 2.45) is 11.8 Å². The fourth-order valence-electron chi connectivity index (χ4n) is 4.55. The van der Waals surface area contributed by atoms with E-state index in [1.54, 1.807) is 6.92 Å². The van der Waals surface area contributed by atoms with Gasteiger partial charge in [-0.25, -0.2) is 4.21 Å². The van der Waals surface area contributed by atoms with Gasteiger partial charge < -0.3 is 0 Å². The second-order valence-electron chi connectivity index (χ2n) is 7.30. The highest BCUT2D eigenvalue weighted by molar-refractivity contribution is 7.85. The average molecular weight is 350 g/mol. The highest BCUT2D eigenvalue weighted by Gasteiger charge is 2.53. The second-order valence-corrected chi connectivity index (χ2v) is 8.75. The molecule has 1 unspecified atom stereocenters. The van der Waals surface area contributed by atoms with Gasteiger partial charge in [-0.2, -0.15) is 0 Å². The van der Waals surface area contributed by atoms with Crippen molar-refractivity contribution < 1.29 is 9.00 Å². The Labute approximate surface area is 151 Å². The third-order valence-electron chi connectivity index (χ3n) is 5.82. The molecule has 0 radical (unpaired) electrons. The van der Waals surface area contributed by atoms with Crippen LogP contribution in [0.4, 0.5) is 0 Å². The summed E-state index contributed by atoms with van der Waals surface area (Å²) in [6, 6.07) is 15.6. The molecule has 2 bridgehead atoms. The van der Waals surface area contributed by atoms with Crippen LogP contribution in [0.15, 0.2) is 70.5 Å². The molecule has 2 aliphatic rings. The van der Waals surface area contributed by atoms with Gasteiger partial charge in [-0.3, -0.25) is 4.79 Å². The van der Waals surface area contributed by atoms with Crippen molar-refractivity contribution in [3.8, 4) is 0 Å². The maximum Gasteiger partial charge on any atom is 0.140 e. The maximum absolute atomic E-state index is 13.3. The van der Waals surface area contributed by atoms with E-state index in [4.69, 9.17) is 0 Å². The molecule has 0 aromatic heterocycles. The quantitative estimate of drug-likeness (QED) is 0.756. The maximum atomic E-state index is 13.3. The van der Waals surface area contributed by atoms with E-state index in [2.05, 4.69) is 12.2 Å². The molecule has 0 heterocycles. The molecular weight excluding hydrogens is 328 g/mol. The van der Waals surface area contributed by atoms with E-state index in [-0.39, 0.29) is 11.7 Å². The predicted octanol–water partition coefficient (Wildman–Crippen LogP) is 4.58. The van der Waals surface area contributed by atoms with E-state index in [1.807, 2.05) is 55.5 Å². The molecule has 2 aromatic carbocycles. The third-order valence-corrected chi connectivity index (χ3v) is 7.28. The second kappa shape index (κ2) is 6.06. The van der Waals surface area contributed by atoms with Gasteiger partial charge in [0.15, 0.2) is 0 Å². The Morgan fingerprint density at radius 3 is 2.40 bits per heavy atom. The van der Waals surface area contributed by atoms with Gasteiger partial charge in [-0.05, 0) is 62.3 Å². The summed E-state index contributed by atoms with van der Waals surface area (Å²) in [5.41, 5.74) is 1.59. The van der Waals surface area contributed by atoms with Gasteiger partial charge in [0, 0.05) is 9.79 Å². The van der Waals surface area contributed by atoms with Crippen molar-refractivity contribution in [1.82, 2.24) is 0 Å². The smallest absolute Gasteiger partial charge is 0.140 e. The minimum atomic E-state index is -1.28. The van der Waals surface area contributed by atoms with Gasteiger partial charge in [0.05, 0.1) is 16.2 Å². The summed E-state index contributed by atoms with van der Waals surface area (Å²) < 4.78 is 13.3. The third kappa shape index (κ3) is 2.53. The lowest BCUT2D eigenvalue weighted by molar-refractivity contribution is -0.123. The number of carbonyl (C=O) groups is 1. The van der Waals surface area contributed by atoms with Crippen molar-refractivity contribution in [2.45, 2.75) is 41.9 Å². The van der Waals surface area contributed by atoms with Crippen molar-refractivity contribution in [1.29, 1.82) is 0 Å². The number of ketones is 1. The number of allylic oxidation sites excluding steroid dienone is 2. The van der Waals surface area contributed by atoms with Crippen molar-refractivity contribution in [3.05, 3.63) is 71.8 Å². The first kappa shape index (κ1) is 16.5. The van der Waals surface area contributed by atoms with Crippen LogP contribution in [0.25, 0.3) is 0 Å². The summed E-state index contributed by atoms with van der Waals surface area (Å²) in [5.74, 6) is 0.888. The first-order valence-corrected chi connectivity index (χ1v) is 9.94. The number of aryl methyl sites for hydroxylation is 1. The van der Waals surface area contributed by atoms with E-state index in [1.165, 1.54) is 0 Å². The van der Waals surface area contributed by atoms with Crippen LogP contribution < -0.4 is 0 Å². The number of rotatable bonds is 4. The summed E-state index contributed by atoms with van der Waals surface area (Å²) in [6.45, 7) is 3.72. The minimum absolute atomic E-state index is 0.192. The lowest BCUT2D eigenvalue weighted by atomic mass is 9.68. The highest BCUT2D eigenvalue weighted by Crippen LogP contribution is 2.55. The highest BCUT2D eigenvalue weighted by atomic mass is 32.2. The zero-order valence-corrected chi connectivity index (χ0v) is 15.4. The summed E-state index contributed by atoms with van der Waals surface area (Å²) in [6.07, 6.45) is 6.31. The van der Waals surface area contributed by atoms with Crippen molar-refractivity contribution in [2.75, 3.05) is 0 Å². The predicted molar refractivity (Wildman–Crippen MR) is 100 cm³/mol. The Morgan fingerprint density at radius 1 is 1.08 bits per heavy atom. The van der Waals surface area contributed by atoms with Gasteiger partial charge in [0.1, 0.15) is 5.78 Å². The summed E-state index contributed by atoms with van der Waals surface area (Å²) >= 11 is 0. The average Bonchev–Trinajstić information content (AvgIpc) is 3.23. The number of hydrogen-bond donors (Lipinski definition) is 0. The number of Topliss-reactive ketones (excluding diaryl/α,β-unsaturated/α-hetero) is 1. The lowest BCUT2D eigenvalue weighted by Crippen LogP contribution is -2.39. The molecule has 1 fully saturated rings. The number of benzene rings is 2. The topological polar surface area (TPSA) is 34.1 Å². The molecule has 0 N–H and O–H groups in total. The molecule has 3 heteroatoms. The van der Waals surface area contributed by atoms with E-state index in [0.717, 1.165) is 33.8 Å². The van der Waals surface area contributed by atoms with E-state index < -0.39 is 16.2 Å². The van der Waals surface area contributed by atoms with Crippen LogP contribution in [0.3, 0.4) is 0 Å². The molecule has 4 rings (SSSR count). The van der Waals surface area contributed by atoms with Crippen LogP contribution in [-0.4, -0.2) is 9.99 Å². The van der Waals surface area contributed by atoms with E-state index in [0.29, 0.717) is 5.92 Å². The van der Waals surface area contributed by atoms with Crippen LogP contribution in [0.5, 0.6) is 0 Å². The number of fused-ring (bicyclic) bond motifs is 2. The van der Waals surface area contributed by atoms with Gasteiger partial charge in [0.2, 0.25) is 0 Å². The molecule has 0 aliphatic heterocycles. The first-order valence-electron chi connectivity index (χ1n) is 8.79. The van der Waals surface area contributed by atoms with Crippen LogP contribution in [0.2, 0.25) is 0 Å². The summed E-state index contributed by atoms with van der Waals surface area (Å²) in [4.78, 5) is 14.3. The van der Waals surface area contributed by atoms with Crippen LogP contribution >= 0.6 is 0 Å². The molecule has 4 atom stereocenters. The molecule has 0 saturated heterocycles. The SMILES string of the molecule is CC(=O)[C@@]1(c2ccccc2S(=O)c2ccc(C)cc2)C[C@H]2C=C[C@@H]1C2. The summed E-state index contributed by atoms with van der Waals surface area (Å²) in [7, 11) is -1.28.